The highest BCUT2D eigenvalue weighted by molar-refractivity contribution is 6.32. The number of benzene rings is 3. The van der Waals surface area contributed by atoms with Crippen LogP contribution in [0.3, 0.4) is 0 Å². The lowest BCUT2D eigenvalue weighted by Crippen LogP contribution is -2.42. The number of methoxy groups -OCH3 is 1. The van der Waals surface area contributed by atoms with Crippen molar-refractivity contribution in [3.05, 3.63) is 101 Å². The highest BCUT2D eigenvalue weighted by Crippen LogP contribution is 2.27. The second kappa shape index (κ2) is 9.02. The van der Waals surface area contributed by atoms with Crippen LogP contribution in [-0.4, -0.2) is 35.9 Å². The molecule has 6 nitrogen and oxygen atoms in total. The Bertz CT molecular complexity index is 1130. The number of hydrazone groups is 1. The van der Waals surface area contributed by atoms with Gasteiger partial charge in [0.15, 0.2) is 6.04 Å². The Morgan fingerprint density at radius 3 is 2.39 bits per heavy atom. The van der Waals surface area contributed by atoms with Gasteiger partial charge in [-0.3, -0.25) is 9.59 Å². The first-order valence-electron chi connectivity index (χ1n) is 9.75. The van der Waals surface area contributed by atoms with Gasteiger partial charge in [0.2, 0.25) is 12.3 Å². The normalized spacial score (nSPS) is 19.2. The molecule has 0 aromatic heterocycles. The molecule has 0 bridgehead atoms. The van der Waals surface area contributed by atoms with Crippen LogP contribution < -0.4 is 15.5 Å². The Balaban J connectivity index is 1.72. The molecule has 1 heterocycles. The summed E-state index contributed by atoms with van der Waals surface area (Å²) in [6, 6.07) is 22.3. The van der Waals surface area contributed by atoms with Crippen molar-refractivity contribution in [2.75, 3.05) is 7.11 Å². The van der Waals surface area contributed by atoms with Gasteiger partial charge in [-0.25, -0.2) is 0 Å². The van der Waals surface area contributed by atoms with Crippen molar-refractivity contribution in [3.63, 3.8) is 0 Å². The molecule has 1 fully saturated rings. The fraction of sp³-hybridized carbons (Fsp3) is 0.125. The van der Waals surface area contributed by atoms with Crippen LogP contribution in [0.15, 0.2) is 78.9 Å². The van der Waals surface area contributed by atoms with Crippen LogP contribution in [0.2, 0.25) is 5.02 Å². The topological polar surface area (TPSA) is 70.4 Å². The van der Waals surface area contributed by atoms with Gasteiger partial charge in [0.25, 0.3) is 5.91 Å². The van der Waals surface area contributed by atoms with E-state index in [0.29, 0.717) is 16.3 Å². The molecular weight excluding hydrogens is 414 g/mol. The van der Waals surface area contributed by atoms with Crippen molar-refractivity contribution in [2.45, 2.75) is 12.1 Å². The number of nitrogens with one attached hydrogen (secondary N) is 2. The maximum Gasteiger partial charge on any atom is 0.304 e. The monoisotopic (exact) mass is 434 g/mol. The summed E-state index contributed by atoms with van der Waals surface area (Å²) in [5.74, 6) is 0.0693. The van der Waals surface area contributed by atoms with Gasteiger partial charge in [-0.05, 0) is 48.5 Å². The minimum absolute atomic E-state index is 0.312. The van der Waals surface area contributed by atoms with E-state index in [9.17, 15) is 9.59 Å². The second-order valence-corrected chi connectivity index (χ2v) is 7.48. The number of amides is 2. The van der Waals surface area contributed by atoms with E-state index >= 15 is 0 Å². The quantitative estimate of drug-likeness (QED) is 0.605. The summed E-state index contributed by atoms with van der Waals surface area (Å²) in [5.41, 5.74) is 4.91. The third-order valence-electron chi connectivity index (χ3n) is 5.10. The second-order valence-electron chi connectivity index (χ2n) is 7.07. The van der Waals surface area contributed by atoms with Crippen molar-refractivity contribution < 1.29 is 19.0 Å². The van der Waals surface area contributed by atoms with Crippen LogP contribution in [-0.2, 0) is 4.79 Å². The lowest BCUT2D eigenvalue weighted by Gasteiger charge is -2.15. The number of carbonyl (C=O) groups is 2. The Morgan fingerprint density at radius 2 is 1.71 bits per heavy atom. The summed E-state index contributed by atoms with van der Waals surface area (Å²) in [6.45, 7) is 0. The van der Waals surface area contributed by atoms with Gasteiger partial charge in [-0.15, -0.1) is 10.1 Å². The number of ether oxygens (including phenoxy) is 1. The van der Waals surface area contributed by atoms with Crippen molar-refractivity contribution in [2.24, 2.45) is 0 Å². The van der Waals surface area contributed by atoms with E-state index in [4.69, 9.17) is 16.3 Å². The molecule has 0 unspecified atom stereocenters. The zero-order valence-corrected chi connectivity index (χ0v) is 17.5. The standard InChI is InChI=1S/C24H20ClN3O3/c1-31-19-13-11-16(12-14-19)22-21(26-23(29)17-7-3-2-4-8-17)24(30)27-28(22)15-18-9-5-6-10-20(18)25/h2-15,21-22H,1H3,(H-,26,27,29,30)/p+1/b28-15-/t21-,22+/m0/s1. The van der Waals surface area contributed by atoms with Crippen LogP contribution in [0.5, 0.6) is 5.75 Å². The number of halogens is 1. The zero-order valence-electron chi connectivity index (χ0n) is 16.8. The molecule has 156 valence electrons. The van der Waals surface area contributed by atoms with Gasteiger partial charge in [-0.1, -0.05) is 41.9 Å². The fourth-order valence-electron chi connectivity index (χ4n) is 3.53. The first-order chi connectivity index (χ1) is 15.1. The number of hydrogen-bond donors (Lipinski definition) is 2. The van der Waals surface area contributed by atoms with E-state index in [1.807, 2.05) is 48.5 Å². The molecule has 31 heavy (non-hydrogen) atoms. The number of hydrazine groups is 1. The molecule has 0 saturated carbocycles. The molecule has 1 aliphatic rings. The molecule has 2 N–H and O–H groups in total. The van der Waals surface area contributed by atoms with Gasteiger partial charge in [0.1, 0.15) is 5.75 Å². The maximum atomic E-state index is 12.9. The van der Waals surface area contributed by atoms with Crippen LogP contribution in [0.1, 0.15) is 27.5 Å². The SMILES string of the molecule is COc1ccc([C@@H]2[C@H](NC(=O)c3ccccc3)C(=O)N/[N+]2=C\c2ccccc2Cl)cc1. The van der Waals surface area contributed by atoms with Gasteiger partial charge < -0.3 is 10.1 Å². The van der Waals surface area contributed by atoms with E-state index in [-0.39, 0.29) is 11.8 Å². The van der Waals surface area contributed by atoms with Crippen LogP contribution in [0, 0.1) is 0 Å². The third-order valence-corrected chi connectivity index (χ3v) is 5.44. The van der Waals surface area contributed by atoms with E-state index in [0.717, 1.165) is 11.1 Å². The summed E-state index contributed by atoms with van der Waals surface area (Å²) in [4.78, 5) is 25.7. The summed E-state index contributed by atoms with van der Waals surface area (Å²) >= 11 is 6.32. The molecule has 0 aliphatic carbocycles. The summed E-state index contributed by atoms with van der Waals surface area (Å²) in [7, 11) is 1.59. The largest absolute Gasteiger partial charge is 0.497 e. The highest BCUT2D eigenvalue weighted by atomic mass is 35.5. The van der Waals surface area contributed by atoms with Crippen molar-refractivity contribution >= 4 is 29.6 Å². The van der Waals surface area contributed by atoms with E-state index < -0.39 is 12.1 Å². The Morgan fingerprint density at radius 1 is 1.03 bits per heavy atom. The Hall–Kier alpha value is -3.64. The molecule has 2 amide bonds. The molecule has 4 rings (SSSR count). The number of nitrogens with zero attached hydrogens (tertiary/aromatic N) is 1. The first-order valence-corrected chi connectivity index (χ1v) is 10.1. The molecule has 1 aliphatic heterocycles. The van der Waals surface area contributed by atoms with Gasteiger partial charge >= 0.3 is 5.91 Å². The van der Waals surface area contributed by atoms with Crippen molar-refractivity contribution in [3.8, 4) is 5.75 Å². The number of carbonyl (C=O) groups excluding carboxylic acids is 2. The Kier molecular flexibility index (Phi) is 6.00. The minimum atomic E-state index is -0.806. The molecular formula is C24H21ClN3O3+. The predicted octanol–water partition coefficient (Wildman–Crippen LogP) is 3.36. The van der Waals surface area contributed by atoms with Crippen LogP contribution in [0.25, 0.3) is 0 Å². The highest BCUT2D eigenvalue weighted by Gasteiger charge is 2.47. The van der Waals surface area contributed by atoms with Gasteiger partial charge in [0, 0.05) is 11.1 Å². The molecule has 2 atom stereocenters. The Labute approximate surface area is 185 Å². The van der Waals surface area contributed by atoms with Gasteiger partial charge in [0.05, 0.1) is 17.7 Å². The molecule has 7 heteroatoms. The average molecular weight is 435 g/mol. The van der Waals surface area contributed by atoms with E-state index in [1.54, 1.807) is 48.3 Å². The molecule has 3 aromatic rings. The van der Waals surface area contributed by atoms with Crippen LogP contribution >= 0.6 is 11.6 Å². The summed E-state index contributed by atoms with van der Waals surface area (Å²) < 4.78 is 6.93. The van der Waals surface area contributed by atoms with Crippen molar-refractivity contribution in [1.29, 1.82) is 0 Å². The average Bonchev–Trinajstić information content (AvgIpc) is 3.10. The lowest BCUT2D eigenvalue weighted by atomic mass is 9.99. The number of hydrogen-bond acceptors (Lipinski definition) is 3. The third kappa shape index (κ3) is 4.44. The van der Waals surface area contributed by atoms with E-state index in [2.05, 4.69) is 10.7 Å². The molecule has 0 spiro atoms. The zero-order chi connectivity index (χ0) is 21.8. The minimum Gasteiger partial charge on any atom is -0.497 e. The maximum absolute atomic E-state index is 12.9. The smallest absolute Gasteiger partial charge is 0.304 e. The fourth-order valence-corrected chi connectivity index (χ4v) is 3.71. The summed E-state index contributed by atoms with van der Waals surface area (Å²) in [5, 5.41) is 3.43. The van der Waals surface area contributed by atoms with Crippen molar-refractivity contribution in [1.82, 2.24) is 10.7 Å². The number of rotatable bonds is 5. The van der Waals surface area contributed by atoms with Gasteiger partial charge in [-0.2, -0.15) is 0 Å². The first kappa shape index (κ1) is 20.6. The summed E-state index contributed by atoms with van der Waals surface area (Å²) in [6.07, 6.45) is 1.77. The predicted molar refractivity (Wildman–Crippen MR) is 118 cm³/mol. The van der Waals surface area contributed by atoms with E-state index in [1.165, 1.54) is 0 Å². The van der Waals surface area contributed by atoms with Crippen LogP contribution in [0.4, 0.5) is 0 Å². The molecule has 3 aromatic carbocycles. The molecule has 1 saturated heterocycles. The lowest BCUT2D eigenvalue weighted by molar-refractivity contribution is -0.596. The molecule has 0 radical (unpaired) electrons.